The number of hydrogen-bond acceptors (Lipinski definition) is 1. The SMILES string of the molecule is C=CCCCCCCCCC(=O)NC[n+]1ccccc1.[Cl-]. The summed E-state index contributed by atoms with van der Waals surface area (Å²) in [6, 6.07) is 5.88. The molecule has 0 atom stereocenters. The van der Waals surface area contributed by atoms with Crippen molar-refractivity contribution in [1.82, 2.24) is 5.32 Å². The fourth-order valence-electron chi connectivity index (χ4n) is 2.09. The van der Waals surface area contributed by atoms with Gasteiger partial charge in [0.1, 0.15) is 0 Å². The molecular formula is C17H27ClN2O. The van der Waals surface area contributed by atoms with Gasteiger partial charge >= 0.3 is 0 Å². The second-order valence-electron chi connectivity index (χ2n) is 5.10. The standard InChI is InChI=1S/C17H26N2O.ClH/c1-2-3-4-5-6-7-8-10-13-17(20)18-16-19-14-11-9-12-15-19;/h2,9,11-12,14-15H,1,3-8,10,13,16H2;1H. The molecule has 0 radical (unpaired) electrons. The zero-order valence-electron chi connectivity index (χ0n) is 12.8. The molecule has 4 heteroatoms. The van der Waals surface area contributed by atoms with Crippen LogP contribution in [0.5, 0.6) is 0 Å². The van der Waals surface area contributed by atoms with Gasteiger partial charge in [-0.2, -0.15) is 4.57 Å². The Balaban J connectivity index is 0.00000400. The number of aromatic nitrogens is 1. The average Bonchev–Trinajstić information content (AvgIpc) is 2.49. The molecule has 1 N–H and O–H groups in total. The molecule has 118 valence electrons. The molecule has 1 aromatic heterocycles. The lowest BCUT2D eigenvalue weighted by atomic mass is 10.1. The predicted molar refractivity (Wildman–Crippen MR) is 81.9 cm³/mol. The number of amides is 1. The van der Waals surface area contributed by atoms with E-state index in [1.165, 1.54) is 25.7 Å². The molecule has 3 nitrogen and oxygen atoms in total. The van der Waals surface area contributed by atoms with Crippen LogP contribution < -0.4 is 22.3 Å². The number of hydrogen-bond donors (Lipinski definition) is 1. The number of unbranched alkanes of at least 4 members (excludes halogenated alkanes) is 6. The normalized spacial score (nSPS) is 9.71. The Morgan fingerprint density at radius 3 is 2.29 bits per heavy atom. The Kier molecular flexibility index (Phi) is 12.7. The number of nitrogens with one attached hydrogen (secondary N) is 1. The summed E-state index contributed by atoms with van der Waals surface area (Å²) >= 11 is 0. The topological polar surface area (TPSA) is 33.0 Å². The maximum Gasteiger partial charge on any atom is 0.224 e. The van der Waals surface area contributed by atoms with Gasteiger partial charge in [-0.05, 0) is 19.3 Å². The molecule has 0 spiro atoms. The first-order valence-corrected chi connectivity index (χ1v) is 7.64. The van der Waals surface area contributed by atoms with Crippen LogP contribution in [0.3, 0.4) is 0 Å². The quantitative estimate of drug-likeness (QED) is 0.357. The number of carbonyl (C=O) groups is 1. The molecule has 0 aliphatic rings. The van der Waals surface area contributed by atoms with E-state index in [1.807, 2.05) is 41.2 Å². The van der Waals surface area contributed by atoms with E-state index in [9.17, 15) is 4.79 Å². The number of rotatable bonds is 11. The maximum absolute atomic E-state index is 11.7. The van der Waals surface area contributed by atoms with Gasteiger partial charge in [-0.15, -0.1) is 6.58 Å². The summed E-state index contributed by atoms with van der Waals surface area (Å²) in [5, 5.41) is 2.93. The predicted octanol–water partition coefficient (Wildman–Crippen LogP) is 0.359. The van der Waals surface area contributed by atoms with E-state index in [2.05, 4.69) is 11.9 Å². The lowest BCUT2D eigenvalue weighted by Gasteiger charge is -2.03. The van der Waals surface area contributed by atoms with E-state index in [0.717, 1.165) is 19.3 Å². The molecular weight excluding hydrogens is 284 g/mol. The van der Waals surface area contributed by atoms with Crippen LogP contribution in [0.1, 0.15) is 51.4 Å². The van der Waals surface area contributed by atoms with Crippen molar-refractivity contribution >= 4 is 5.91 Å². The molecule has 0 unspecified atom stereocenters. The van der Waals surface area contributed by atoms with Crippen molar-refractivity contribution in [2.45, 2.75) is 58.0 Å². The van der Waals surface area contributed by atoms with Gasteiger partial charge in [-0.3, -0.25) is 4.79 Å². The molecule has 0 aliphatic carbocycles. The van der Waals surface area contributed by atoms with E-state index in [1.54, 1.807) is 0 Å². The van der Waals surface area contributed by atoms with Gasteiger partial charge < -0.3 is 17.7 Å². The van der Waals surface area contributed by atoms with Crippen LogP contribution in [-0.4, -0.2) is 5.91 Å². The van der Waals surface area contributed by atoms with E-state index in [0.29, 0.717) is 13.1 Å². The first-order valence-electron chi connectivity index (χ1n) is 7.64. The van der Waals surface area contributed by atoms with Crippen LogP contribution in [0, 0.1) is 0 Å². The Bertz CT molecular complexity index is 382. The van der Waals surface area contributed by atoms with Crippen LogP contribution >= 0.6 is 0 Å². The summed E-state index contributed by atoms with van der Waals surface area (Å²) in [6.45, 7) is 4.28. The van der Waals surface area contributed by atoms with Crippen molar-refractivity contribution in [1.29, 1.82) is 0 Å². The first kappa shape index (κ1) is 19.7. The summed E-state index contributed by atoms with van der Waals surface area (Å²) < 4.78 is 1.96. The monoisotopic (exact) mass is 310 g/mol. The minimum absolute atomic E-state index is 0. The third kappa shape index (κ3) is 11.0. The minimum atomic E-state index is 0. The fraction of sp³-hybridized carbons (Fsp3) is 0.529. The summed E-state index contributed by atoms with van der Waals surface area (Å²) in [5.74, 6) is 0.146. The van der Waals surface area contributed by atoms with Crippen molar-refractivity contribution in [3.8, 4) is 0 Å². The third-order valence-electron chi connectivity index (χ3n) is 3.30. The number of halogens is 1. The van der Waals surface area contributed by atoms with Gasteiger partial charge in [-0.25, -0.2) is 0 Å². The largest absolute Gasteiger partial charge is 1.00 e. The van der Waals surface area contributed by atoms with E-state index in [4.69, 9.17) is 0 Å². The molecule has 0 aromatic carbocycles. The lowest BCUT2D eigenvalue weighted by molar-refractivity contribution is -0.700. The molecule has 21 heavy (non-hydrogen) atoms. The molecule has 1 amide bonds. The highest BCUT2D eigenvalue weighted by atomic mass is 35.5. The fourth-order valence-corrected chi connectivity index (χ4v) is 2.09. The van der Waals surface area contributed by atoms with Crippen LogP contribution in [0.2, 0.25) is 0 Å². The van der Waals surface area contributed by atoms with Crippen LogP contribution in [-0.2, 0) is 11.5 Å². The zero-order chi connectivity index (χ0) is 14.5. The highest BCUT2D eigenvalue weighted by Crippen LogP contribution is 2.08. The number of pyridine rings is 1. The average molecular weight is 311 g/mol. The highest BCUT2D eigenvalue weighted by molar-refractivity contribution is 5.75. The lowest BCUT2D eigenvalue weighted by Crippen LogP contribution is -3.00. The molecule has 1 rings (SSSR count). The molecule has 0 fully saturated rings. The Morgan fingerprint density at radius 1 is 1.00 bits per heavy atom. The molecule has 0 aliphatic heterocycles. The molecule has 0 saturated heterocycles. The van der Waals surface area contributed by atoms with Gasteiger partial charge in [0.2, 0.25) is 12.6 Å². The maximum atomic E-state index is 11.7. The number of allylic oxidation sites excluding steroid dienone is 1. The summed E-state index contributed by atoms with van der Waals surface area (Å²) in [6.07, 6.45) is 14.8. The van der Waals surface area contributed by atoms with Crippen molar-refractivity contribution < 1.29 is 21.8 Å². The molecule has 1 heterocycles. The summed E-state index contributed by atoms with van der Waals surface area (Å²) in [4.78, 5) is 11.7. The van der Waals surface area contributed by atoms with Gasteiger partial charge in [-0.1, -0.05) is 37.8 Å². The van der Waals surface area contributed by atoms with Crippen molar-refractivity contribution in [3.05, 3.63) is 43.2 Å². The highest BCUT2D eigenvalue weighted by Gasteiger charge is 2.03. The summed E-state index contributed by atoms with van der Waals surface area (Å²) in [5.41, 5.74) is 0. The Hall–Kier alpha value is -1.35. The van der Waals surface area contributed by atoms with Gasteiger partial charge in [0, 0.05) is 18.6 Å². The van der Waals surface area contributed by atoms with Gasteiger partial charge in [0.25, 0.3) is 0 Å². The Morgan fingerprint density at radius 2 is 1.62 bits per heavy atom. The number of nitrogens with zero attached hydrogens (tertiary/aromatic N) is 1. The smallest absolute Gasteiger partial charge is 0.224 e. The van der Waals surface area contributed by atoms with Crippen molar-refractivity contribution in [2.24, 2.45) is 0 Å². The molecule has 0 bridgehead atoms. The first-order chi connectivity index (χ1) is 9.83. The van der Waals surface area contributed by atoms with Gasteiger partial charge in [0.15, 0.2) is 12.4 Å². The molecule has 1 aromatic rings. The van der Waals surface area contributed by atoms with E-state index < -0.39 is 0 Å². The van der Waals surface area contributed by atoms with E-state index >= 15 is 0 Å². The van der Waals surface area contributed by atoms with Crippen molar-refractivity contribution in [3.63, 3.8) is 0 Å². The van der Waals surface area contributed by atoms with Gasteiger partial charge in [0.05, 0.1) is 0 Å². The van der Waals surface area contributed by atoms with Crippen LogP contribution in [0.25, 0.3) is 0 Å². The van der Waals surface area contributed by atoms with E-state index in [-0.39, 0.29) is 18.3 Å². The second-order valence-corrected chi connectivity index (χ2v) is 5.10. The van der Waals surface area contributed by atoms with Crippen LogP contribution in [0.15, 0.2) is 43.2 Å². The van der Waals surface area contributed by atoms with Crippen molar-refractivity contribution in [2.75, 3.05) is 0 Å². The molecule has 0 saturated carbocycles. The zero-order valence-corrected chi connectivity index (χ0v) is 13.5. The minimum Gasteiger partial charge on any atom is -1.00 e. The Labute approximate surface area is 134 Å². The van der Waals surface area contributed by atoms with Crippen LogP contribution in [0.4, 0.5) is 0 Å². The third-order valence-corrected chi connectivity index (χ3v) is 3.30. The number of carbonyl (C=O) groups excluding carboxylic acids is 1. The summed E-state index contributed by atoms with van der Waals surface area (Å²) in [7, 11) is 0. The second kappa shape index (κ2) is 13.6.